The molecule has 4 heteroatoms. The van der Waals surface area contributed by atoms with Gasteiger partial charge in [0.2, 0.25) is 0 Å². The lowest BCUT2D eigenvalue weighted by Gasteiger charge is -2.12. The van der Waals surface area contributed by atoms with Crippen molar-refractivity contribution in [3.8, 4) is 5.69 Å². The summed E-state index contributed by atoms with van der Waals surface area (Å²) in [5, 5.41) is 8.77. The fraction of sp³-hybridized carbons (Fsp3) is 0.0400. The first-order valence-electron chi connectivity index (χ1n) is 9.44. The van der Waals surface area contributed by atoms with Crippen molar-refractivity contribution in [2.24, 2.45) is 0 Å². The summed E-state index contributed by atoms with van der Waals surface area (Å²) in [6.07, 6.45) is 0.655. The van der Waals surface area contributed by atoms with Crippen LogP contribution in [0.4, 0.5) is 0 Å². The summed E-state index contributed by atoms with van der Waals surface area (Å²) < 4.78 is 2.47. The monoisotopic (exact) mass is 440 g/mol. The van der Waals surface area contributed by atoms with Gasteiger partial charge in [-0.3, -0.25) is 4.79 Å². The van der Waals surface area contributed by atoms with Gasteiger partial charge in [0.1, 0.15) is 0 Å². The van der Waals surface area contributed by atoms with Gasteiger partial charge in [-0.2, -0.15) is 9.78 Å². The Kier molecular flexibility index (Phi) is 4.49. The number of halogens is 1. The van der Waals surface area contributed by atoms with E-state index < -0.39 is 0 Å². The summed E-state index contributed by atoms with van der Waals surface area (Å²) in [6, 6.07) is 30.1. The van der Waals surface area contributed by atoms with E-state index in [2.05, 4.69) is 46.3 Å². The minimum atomic E-state index is -0.106. The van der Waals surface area contributed by atoms with Crippen molar-refractivity contribution in [1.82, 2.24) is 9.78 Å². The van der Waals surface area contributed by atoms with Crippen molar-refractivity contribution in [1.29, 1.82) is 0 Å². The summed E-state index contributed by atoms with van der Waals surface area (Å²) >= 11 is 3.45. The topological polar surface area (TPSA) is 34.9 Å². The van der Waals surface area contributed by atoms with Crippen LogP contribution in [0, 0.1) is 0 Å². The molecule has 0 aliphatic heterocycles. The van der Waals surface area contributed by atoms with E-state index in [1.165, 1.54) is 21.0 Å². The number of fused-ring (bicyclic) bond motifs is 2. The second-order valence-corrected chi connectivity index (χ2v) is 7.96. The number of aromatic nitrogens is 2. The Hall–Kier alpha value is -3.24. The second-order valence-electron chi connectivity index (χ2n) is 7.04. The van der Waals surface area contributed by atoms with E-state index in [9.17, 15) is 4.79 Å². The van der Waals surface area contributed by atoms with Gasteiger partial charge < -0.3 is 0 Å². The van der Waals surface area contributed by atoms with Gasteiger partial charge >= 0.3 is 0 Å². The zero-order valence-corrected chi connectivity index (χ0v) is 17.1. The lowest BCUT2D eigenvalue weighted by molar-refractivity contribution is 0.787. The predicted molar refractivity (Wildman–Crippen MR) is 122 cm³/mol. The molecule has 29 heavy (non-hydrogen) atoms. The second kappa shape index (κ2) is 7.30. The first-order valence-corrected chi connectivity index (χ1v) is 10.2. The largest absolute Gasteiger partial charge is 0.279 e. The van der Waals surface area contributed by atoms with E-state index >= 15 is 0 Å². The molecule has 0 spiro atoms. The molecule has 0 aliphatic rings. The van der Waals surface area contributed by atoms with Gasteiger partial charge in [0.05, 0.1) is 16.8 Å². The van der Waals surface area contributed by atoms with Gasteiger partial charge in [-0.05, 0) is 46.7 Å². The van der Waals surface area contributed by atoms with Crippen LogP contribution in [-0.4, -0.2) is 9.78 Å². The molecule has 4 aromatic carbocycles. The molecule has 140 valence electrons. The molecule has 0 fully saturated rings. The van der Waals surface area contributed by atoms with Crippen LogP contribution in [0.1, 0.15) is 11.3 Å². The minimum absolute atomic E-state index is 0.106. The molecule has 0 radical (unpaired) electrons. The Morgan fingerprint density at radius 3 is 2.24 bits per heavy atom. The standard InChI is InChI=1S/C25H17BrN2O/c26-20-11-13-21(14-12-20)28-25(29)23-8-4-3-7-22(23)24(27-28)16-17-9-10-18-5-1-2-6-19(18)15-17/h1-15H,16H2. The van der Waals surface area contributed by atoms with Gasteiger partial charge in [-0.15, -0.1) is 0 Å². The van der Waals surface area contributed by atoms with Crippen LogP contribution in [0.5, 0.6) is 0 Å². The van der Waals surface area contributed by atoms with Gasteiger partial charge in [0.25, 0.3) is 5.56 Å². The van der Waals surface area contributed by atoms with Crippen molar-refractivity contribution in [3.05, 3.63) is 117 Å². The lowest BCUT2D eigenvalue weighted by Crippen LogP contribution is -2.23. The first kappa shape index (κ1) is 17.8. The Bertz CT molecular complexity index is 1400. The molecule has 0 saturated carbocycles. The molecule has 5 aromatic rings. The van der Waals surface area contributed by atoms with Crippen molar-refractivity contribution >= 4 is 37.5 Å². The number of nitrogens with zero attached hydrogens (tertiary/aromatic N) is 2. The Morgan fingerprint density at radius 2 is 1.45 bits per heavy atom. The summed E-state index contributed by atoms with van der Waals surface area (Å²) in [7, 11) is 0. The molecule has 0 N–H and O–H groups in total. The number of hydrogen-bond acceptors (Lipinski definition) is 2. The highest BCUT2D eigenvalue weighted by Crippen LogP contribution is 2.22. The quantitative estimate of drug-likeness (QED) is 0.350. The maximum atomic E-state index is 13.1. The molecule has 1 heterocycles. The maximum Gasteiger partial charge on any atom is 0.279 e. The SMILES string of the molecule is O=c1c2ccccc2c(Cc2ccc3ccccc3c2)nn1-c1ccc(Br)cc1. The Labute approximate surface area is 176 Å². The van der Waals surface area contributed by atoms with Crippen LogP contribution < -0.4 is 5.56 Å². The third kappa shape index (κ3) is 3.36. The van der Waals surface area contributed by atoms with Gasteiger partial charge in [0, 0.05) is 16.3 Å². The van der Waals surface area contributed by atoms with Crippen molar-refractivity contribution < 1.29 is 0 Å². The molecule has 0 atom stereocenters. The molecule has 3 nitrogen and oxygen atoms in total. The molecule has 5 rings (SSSR count). The van der Waals surface area contributed by atoms with E-state index in [1.54, 1.807) is 0 Å². The van der Waals surface area contributed by atoms with E-state index in [4.69, 9.17) is 5.10 Å². The van der Waals surface area contributed by atoms with Crippen molar-refractivity contribution in [3.63, 3.8) is 0 Å². The van der Waals surface area contributed by atoms with Crippen molar-refractivity contribution in [2.75, 3.05) is 0 Å². The number of benzene rings is 4. The lowest BCUT2D eigenvalue weighted by atomic mass is 10.0. The summed E-state index contributed by atoms with van der Waals surface area (Å²) in [6.45, 7) is 0. The minimum Gasteiger partial charge on any atom is -0.267 e. The van der Waals surface area contributed by atoms with Crippen LogP contribution >= 0.6 is 15.9 Å². The molecular weight excluding hydrogens is 424 g/mol. The van der Waals surface area contributed by atoms with E-state index in [0.717, 1.165) is 21.2 Å². The van der Waals surface area contributed by atoms with Gasteiger partial charge in [-0.1, -0.05) is 76.6 Å². The van der Waals surface area contributed by atoms with Crippen molar-refractivity contribution in [2.45, 2.75) is 6.42 Å². The number of hydrogen-bond donors (Lipinski definition) is 0. The third-order valence-corrected chi connectivity index (χ3v) is 5.67. The summed E-state index contributed by atoms with van der Waals surface area (Å²) in [5.74, 6) is 0. The van der Waals surface area contributed by atoms with Crippen LogP contribution in [0.2, 0.25) is 0 Å². The fourth-order valence-corrected chi connectivity index (χ4v) is 3.95. The van der Waals surface area contributed by atoms with Crippen LogP contribution in [0.15, 0.2) is 100 Å². The molecule has 0 amide bonds. The first-order chi connectivity index (χ1) is 14.2. The molecule has 0 bridgehead atoms. The van der Waals surface area contributed by atoms with Gasteiger partial charge in [-0.25, -0.2) is 0 Å². The highest BCUT2D eigenvalue weighted by atomic mass is 79.9. The summed E-state index contributed by atoms with van der Waals surface area (Å²) in [4.78, 5) is 13.1. The highest BCUT2D eigenvalue weighted by Gasteiger charge is 2.12. The molecule has 1 aromatic heterocycles. The fourth-order valence-electron chi connectivity index (χ4n) is 3.69. The van der Waals surface area contributed by atoms with Crippen LogP contribution in [0.25, 0.3) is 27.2 Å². The Balaban J connectivity index is 1.68. The number of rotatable bonds is 3. The predicted octanol–water partition coefficient (Wildman–Crippen LogP) is 5.89. The van der Waals surface area contributed by atoms with E-state index in [1.807, 2.05) is 60.7 Å². The van der Waals surface area contributed by atoms with Crippen LogP contribution in [0.3, 0.4) is 0 Å². The van der Waals surface area contributed by atoms with Gasteiger partial charge in [0.15, 0.2) is 0 Å². The normalized spacial score (nSPS) is 11.2. The zero-order valence-electron chi connectivity index (χ0n) is 15.5. The average Bonchev–Trinajstić information content (AvgIpc) is 2.76. The average molecular weight is 441 g/mol. The summed E-state index contributed by atoms with van der Waals surface area (Å²) in [5.41, 5.74) is 2.70. The van der Waals surface area contributed by atoms with E-state index in [0.29, 0.717) is 11.8 Å². The smallest absolute Gasteiger partial charge is 0.267 e. The Morgan fingerprint density at radius 1 is 0.759 bits per heavy atom. The van der Waals surface area contributed by atoms with Crippen LogP contribution in [-0.2, 0) is 6.42 Å². The highest BCUT2D eigenvalue weighted by molar-refractivity contribution is 9.10. The van der Waals surface area contributed by atoms with E-state index in [-0.39, 0.29) is 5.56 Å². The molecule has 0 aliphatic carbocycles. The molecular formula is C25H17BrN2O. The zero-order chi connectivity index (χ0) is 19.8. The molecule has 0 saturated heterocycles. The molecule has 0 unspecified atom stereocenters. The maximum absolute atomic E-state index is 13.1. The third-order valence-electron chi connectivity index (χ3n) is 5.14.